The van der Waals surface area contributed by atoms with Crippen LogP contribution in [0.25, 0.3) is 0 Å². The Morgan fingerprint density at radius 2 is 2.00 bits per heavy atom. The van der Waals surface area contributed by atoms with Crippen molar-refractivity contribution in [2.24, 2.45) is 0 Å². The number of hydrogen-bond acceptors (Lipinski definition) is 2. The molecule has 0 bridgehead atoms. The average molecular weight is 152 g/mol. The Morgan fingerprint density at radius 1 is 1.45 bits per heavy atom. The Labute approximate surface area is 66.5 Å². The number of carbonyl (C=O) groups excluding carboxylic acids is 1. The van der Waals surface area contributed by atoms with E-state index in [0.29, 0.717) is 11.4 Å². The highest BCUT2D eigenvalue weighted by molar-refractivity contribution is 5.93. The molecule has 0 saturated carbocycles. The fourth-order valence-electron chi connectivity index (χ4n) is 0.386. The first kappa shape index (κ1) is 9.49. The summed E-state index contributed by atoms with van der Waals surface area (Å²) < 4.78 is 0. The van der Waals surface area contributed by atoms with Gasteiger partial charge in [-0.15, -0.1) is 0 Å². The lowest BCUT2D eigenvalue weighted by molar-refractivity contribution is -0.117. The summed E-state index contributed by atoms with van der Waals surface area (Å²) >= 11 is 0. The van der Waals surface area contributed by atoms with Crippen LogP contribution >= 0.6 is 0 Å². The molecule has 2 N–H and O–H groups in total. The lowest BCUT2D eigenvalue weighted by Crippen LogP contribution is -2.28. The van der Waals surface area contributed by atoms with E-state index in [4.69, 9.17) is 0 Å². The molecule has 0 fully saturated rings. The van der Waals surface area contributed by atoms with Gasteiger partial charge in [0, 0.05) is 12.7 Å². The molecule has 11 heavy (non-hydrogen) atoms. The zero-order valence-electron chi connectivity index (χ0n) is 6.61. The van der Waals surface area contributed by atoms with Gasteiger partial charge in [-0.1, -0.05) is 19.7 Å². The first-order valence-corrected chi connectivity index (χ1v) is 3.11. The van der Waals surface area contributed by atoms with Crippen LogP contribution in [-0.4, -0.2) is 13.0 Å². The standard InChI is InChI=1S/C8H12N2O/c1-5-6(2)10-8(11)7(3)9-4/h5,9H,1-3H2,4H3,(H,10,11). The van der Waals surface area contributed by atoms with Crippen LogP contribution in [-0.2, 0) is 4.79 Å². The minimum absolute atomic E-state index is 0.294. The van der Waals surface area contributed by atoms with Crippen molar-refractivity contribution in [2.45, 2.75) is 0 Å². The van der Waals surface area contributed by atoms with E-state index in [1.807, 2.05) is 0 Å². The first-order chi connectivity index (χ1) is 5.11. The highest BCUT2D eigenvalue weighted by Crippen LogP contribution is 1.87. The minimum Gasteiger partial charge on any atom is -0.384 e. The first-order valence-electron chi connectivity index (χ1n) is 3.11. The van der Waals surface area contributed by atoms with Crippen LogP contribution in [0.1, 0.15) is 0 Å². The second-order valence-corrected chi connectivity index (χ2v) is 1.91. The molecule has 0 saturated heterocycles. The van der Waals surface area contributed by atoms with Crippen molar-refractivity contribution >= 4 is 5.91 Å². The summed E-state index contributed by atoms with van der Waals surface area (Å²) in [7, 11) is 1.62. The SMILES string of the molecule is C=CC(=C)NC(=O)C(=C)NC. The van der Waals surface area contributed by atoms with Gasteiger partial charge in [-0.2, -0.15) is 0 Å². The molecule has 0 spiro atoms. The van der Waals surface area contributed by atoms with Gasteiger partial charge in [-0.3, -0.25) is 4.79 Å². The van der Waals surface area contributed by atoms with Crippen LogP contribution in [0.2, 0.25) is 0 Å². The molecule has 0 aromatic carbocycles. The van der Waals surface area contributed by atoms with Gasteiger partial charge in [0.15, 0.2) is 0 Å². The normalized spacial score (nSPS) is 8.09. The molecule has 1 amide bonds. The third-order valence-corrected chi connectivity index (χ3v) is 1.10. The second kappa shape index (κ2) is 4.33. The van der Waals surface area contributed by atoms with Crippen LogP contribution in [0.15, 0.2) is 37.2 Å². The highest BCUT2D eigenvalue weighted by atomic mass is 16.2. The van der Waals surface area contributed by atoms with Gasteiger partial charge in [0.25, 0.3) is 5.91 Å². The Balaban J connectivity index is 3.97. The molecule has 0 aliphatic heterocycles. The maximum Gasteiger partial charge on any atom is 0.271 e. The van der Waals surface area contributed by atoms with E-state index in [9.17, 15) is 4.79 Å². The summed E-state index contributed by atoms with van der Waals surface area (Å²) in [6, 6.07) is 0. The summed E-state index contributed by atoms with van der Waals surface area (Å²) in [5.41, 5.74) is 0.763. The van der Waals surface area contributed by atoms with Gasteiger partial charge in [0.2, 0.25) is 0 Å². The van der Waals surface area contributed by atoms with E-state index in [2.05, 4.69) is 30.4 Å². The van der Waals surface area contributed by atoms with E-state index in [0.717, 1.165) is 0 Å². The second-order valence-electron chi connectivity index (χ2n) is 1.91. The number of carbonyl (C=O) groups is 1. The van der Waals surface area contributed by atoms with E-state index < -0.39 is 0 Å². The summed E-state index contributed by atoms with van der Waals surface area (Å²) in [4.78, 5) is 11.0. The number of likely N-dealkylation sites (N-methyl/N-ethyl adjacent to an activating group) is 1. The maximum atomic E-state index is 11.0. The zero-order valence-corrected chi connectivity index (χ0v) is 6.61. The number of rotatable bonds is 4. The monoisotopic (exact) mass is 152 g/mol. The van der Waals surface area contributed by atoms with Crippen LogP contribution < -0.4 is 10.6 Å². The van der Waals surface area contributed by atoms with Crippen LogP contribution in [0.5, 0.6) is 0 Å². The molecule has 0 aromatic heterocycles. The molecular weight excluding hydrogens is 140 g/mol. The molecule has 0 heterocycles. The third kappa shape index (κ3) is 3.25. The minimum atomic E-state index is -0.294. The Morgan fingerprint density at radius 3 is 2.36 bits per heavy atom. The van der Waals surface area contributed by atoms with Gasteiger partial charge in [0.05, 0.1) is 5.70 Å². The van der Waals surface area contributed by atoms with Gasteiger partial charge in [-0.05, 0) is 6.08 Å². The lowest BCUT2D eigenvalue weighted by atomic mass is 10.4. The van der Waals surface area contributed by atoms with Crippen LogP contribution in [0.4, 0.5) is 0 Å². The van der Waals surface area contributed by atoms with Crippen LogP contribution in [0, 0.1) is 0 Å². The topological polar surface area (TPSA) is 41.1 Å². The maximum absolute atomic E-state index is 11.0. The van der Waals surface area contributed by atoms with Gasteiger partial charge < -0.3 is 10.6 Å². The Bertz CT molecular complexity index is 206. The van der Waals surface area contributed by atoms with Gasteiger partial charge >= 0.3 is 0 Å². The van der Waals surface area contributed by atoms with E-state index >= 15 is 0 Å². The summed E-state index contributed by atoms with van der Waals surface area (Å²) in [6.07, 6.45) is 1.46. The van der Waals surface area contributed by atoms with Crippen molar-refractivity contribution < 1.29 is 4.79 Å². The van der Waals surface area contributed by atoms with E-state index in [1.54, 1.807) is 7.05 Å². The summed E-state index contributed by atoms with van der Waals surface area (Å²) in [5.74, 6) is -0.294. The number of nitrogens with one attached hydrogen (secondary N) is 2. The molecule has 0 aliphatic carbocycles. The highest BCUT2D eigenvalue weighted by Gasteiger charge is 2.02. The predicted molar refractivity (Wildman–Crippen MR) is 45.7 cm³/mol. The van der Waals surface area contributed by atoms with Crippen molar-refractivity contribution in [3.63, 3.8) is 0 Å². The Kier molecular flexibility index (Phi) is 3.73. The molecule has 3 nitrogen and oxygen atoms in total. The van der Waals surface area contributed by atoms with Crippen molar-refractivity contribution in [1.29, 1.82) is 0 Å². The summed E-state index contributed by atoms with van der Waals surface area (Å²) in [5, 5.41) is 5.08. The molecule has 0 aliphatic rings. The van der Waals surface area contributed by atoms with E-state index in [-0.39, 0.29) is 5.91 Å². The molecule has 3 heteroatoms. The van der Waals surface area contributed by atoms with Gasteiger partial charge in [0.1, 0.15) is 0 Å². The fourth-order valence-corrected chi connectivity index (χ4v) is 0.386. The number of allylic oxidation sites excluding steroid dienone is 1. The molecular formula is C8H12N2O. The molecule has 0 rings (SSSR count). The molecule has 0 unspecified atom stereocenters. The van der Waals surface area contributed by atoms with Gasteiger partial charge in [-0.25, -0.2) is 0 Å². The van der Waals surface area contributed by atoms with Crippen LogP contribution in [0.3, 0.4) is 0 Å². The molecule has 0 aromatic rings. The molecule has 0 radical (unpaired) electrons. The van der Waals surface area contributed by atoms with Crippen molar-refractivity contribution in [3.8, 4) is 0 Å². The van der Waals surface area contributed by atoms with Crippen molar-refractivity contribution in [1.82, 2.24) is 10.6 Å². The molecule has 60 valence electrons. The lowest BCUT2D eigenvalue weighted by Gasteiger charge is -2.05. The van der Waals surface area contributed by atoms with E-state index in [1.165, 1.54) is 6.08 Å². The quantitative estimate of drug-likeness (QED) is 0.456. The Hall–Kier alpha value is -1.51. The van der Waals surface area contributed by atoms with Crippen molar-refractivity contribution in [2.75, 3.05) is 7.05 Å². The third-order valence-electron chi connectivity index (χ3n) is 1.10. The fraction of sp³-hybridized carbons (Fsp3) is 0.125. The summed E-state index contributed by atoms with van der Waals surface area (Å²) in [6.45, 7) is 10.4. The zero-order chi connectivity index (χ0) is 8.85. The number of amides is 1. The van der Waals surface area contributed by atoms with Crippen molar-refractivity contribution in [3.05, 3.63) is 37.2 Å². The molecule has 0 atom stereocenters. The average Bonchev–Trinajstić information content (AvgIpc) is 2.02. The predicted octanol–water partition coefficient (Wildman–Crippen LogP) is 0.535. The number of hydrogen-bond donors (Lipinski definition) is 2. The largest absolute Gasteiger partial charge is 0.384 e. The smallest absolute Gasteiger partial charge is 0.271 e.